The van der Waals surface area contributed by atoms with Gasteiger partial charge >= 0.3 is 0 Å². The van der Waals surface area contributed by atoms with E-state index >= 15 is 0 Å². The zero-order chi connectivity index (χ0) is 10.5. The van der Waals surface area contributed by atoms with E-state index in [-0.39, 0.29) is 5.75 Å². The summed E-state index contributed by atoms with van der Waals surface area (Å²) in [5.74, 6) is 0.623. The molecule has 15 heavy (non-hydrogen) atoms. The fraction of sp³-hybridized carbons (Fsp3) is 0. The van der Waals surface area contributed by atoms with E-state index in [1.54, 1.807) is 42.6 Å². The molecule has 0 saturated heterocycles. The quantitative estimate of drug-likeness (QED) is 0.755. The van der Waals surface area contributed by atoms with Crippen molar-refractivity contribution in [2.75, 3.05) is 0 Å². The molecule has 1 aromatic heterocycles. The Labute approximate surface area is 86.9 Å². The molecule has 0 aliphatic rings. The maximum absolute atomic E-state index is 9.41. The van der Waals surface area contributed by atoms with Crippen LogP contribution in [0.1, 0.15) is 0 Å². The van der Waals surface area contributed by atoms with Crippen LogP contribution in [0.25, 0.3) is 0 Å². The summed E-state index contributed by atoms with van der Waals surface area (Å²) in [6.45, 7) is 0. The average Bonchev–Trinajstić information content (AvgIpc) is 2.29. The minimum absolute atomic E-state index is 0.109. The normalized spacial score (nSPS) is 10.7. The highest BCUT2D eigenvalue weighted by molar-refractivity contribution is 5.49. The van der Waals surface area contributed by atoms with Crippen LogP contribution in [-0.4, -0.2) is 10.1 Å². The number of nitrogens with zero attached hydrogens (tertiary/aromatic N) is 3. The Morgan fingerprint density at radius 2 is 1.73 bits per heavy atom. The van der Waals surface area contributed by atoms with E-state index in [1.807, 2.05) is 6.07 Å². The summed E-state index contributed by atoms with van der Waals surface area (Å²) in [5, 5.41) is 17.2. The fourth-order valence-electron chi connectivity index (χ4n) is 1.07. The second kappa shape index (κ2) is 4.32. The van der Waals surface area contributed by atoms with Crippen LogP contribution < -0.4 is 0 Å². The molecule has 1 aromatic carbocycles. The minimum Gasteiger partial charge on any atom is -0.506 e. The summed E-state index contributed by atoms with van der Waals surface area (Å²) < 4.78 is 0. The van der Waals surface area contributed by atoms with Gasteiger partial charge in [-0.05, 0) is 24.3 Å². The van der Waals surface area contributed by atoms with E-state index in [0.29, 0.717) is 11.5 Å². The fourth-order valence-corrected chi connectivity index (χ4v) is 1.07. The van der Waals surface area contributed by atoms with Crippen molar-refractivity contribution in [3.05, 3.63) is 48.7 Å². The Hall–Kier alpha value is -2.23. The molecule has 0 bridgehead atoms. The largest absolute Gasteiger partial charge is 0.506 e. The maximum atomic E-state index is 9.41. The Bertz CT molecular complexity index is 468. The predicted octanol–water partition coefficient (Wildman–Crippen LogP) is 3.20. The minimum atomic E-state index is 0.109. The van der Waals surface area contributed by atoms with Crippen LogP contribution >= 0.6 is 0 Å². The lowest BCUT2D eigenvalue weighted by Crippen LogP contribution is -1.69. The molecule has 1 N–H and O–H groups in total. The third-order valence-corrected chi connectivity index (χ3v) is 1.79. The monoisotopic (exact) mass is 199 g/mol. The Morgan fingerprint density at radius 1 is 0.933 bits per heavy atom. The first-order valence-electron chi connectivity index (χ1n) is 4.47. The van der Waals surface area contributed by atoms with Crippen LogP contribution in [0.2, 0.25) is 0 Å². The molecule has 4 heteroatoms. The molecule has 0 aliphatic heterocycles. The van der Waals surface area contributed by atoms with Gasteiger partial charge in [-0.15, -0.1) is 10.2 Å². The van der Waals surface area contributed by atoms with E-state index in [4.69, 9.17) is 0 Å². The standard InChI is InChI=1S/C11H9N3O/c15-10-6-2-1-5-9(10)13-14-11-7-3-4-8-12-11/h1-8,15H. The van der Waals surface area contributed by atoms with Crippen molar-refractivity contribution in [3.8, 4) is 5.75 Å². The topological polar surface area (TPSA) is 57.8 Å². The van der Waals surface area contributed by atoms with Gasteiger partial charge in [-0.25, -0.2) is 4.98 Å². The second-order valence-electron chi connectivity index (χ2n) is 2.88. The number of azo groups is 1. The van der Waals surface area contributed by atoms with Crippen LogP contribution in [-0.2, 0) is 0 Å². The SMILES string of the molecule is Oc1ccccc1N=Nc1ccccn1. The summed E-state index contributed by atoms with van der Waals surface area (Å²) in [7, 11) is 0. The van der Waals surface area contributed by atoms with E-state index in [1.165, 1.54) is 0 Å². The van der Waals surface area contributed by atoms with Crippen LogP contribution in [0.4, 0.5) is 11.5 Å². The molecule has 0 fully saturated rings. The number of phenols is 1. The van der Waals surface area contributed by atoms with Crippen molar-refractivity contribution in [1.29, 1.82) is 0 Å². The third kappa shape index (κ3) is 2.37. The van der Waals surface area contributed by atoms with Crippen molar-refractivity contribution in [2.24, 2.45) is 10.2 Å². The maximum Gasteiger partial charge on any atom is 0.174 e. The lowest BCUT2D eigenvalue weighted by molar-refractivity contribution is 0.476. The number of phenolic OH excluding ortho intramolecular Hbond substituents is 1. The van der Waals surface area contributed by atoms with Crippen molar-refractivity contribution >= 4 is 11.5 Å². The van der Waals surface area contributed by atoms with Crippen molar-refractivity contribution in [3.63, 3.8) is 0 Å². The Balaban J connectivity index is 2.23. The van der Waals surface area contributed by atoms with Crippen LogP contribution in [0.15, 0.2) is 58.9 Å². The van der Waals surface area contributed by atoms with Crippen molar-refractivity contribution in [2.45, 2.75) is 0 Å². The van der Waals surface area contributed by atoms with Crippen LogP contribution in [0.5, 0.6) is 5.75 Å². The zero-order valence-corrected chi connectivity index (χ0v) is 7.91. The summed E-state index contributed by atoms with van der Waals surface area (Å²) >= 11 is 0. The van der Waals surface area contributed by atoms with Crippen molar-refractivity contribution in [1.82, 2.24) is 4.98 Å². The Morgan fingerprint density at radius 3 is 2.47 bits per heavy atom. The number of aromatic hydroxyl groups is 1. The molecule has 0 unspecified atom stereocenters. The van der Waals surface area contributed by atoms with Gasteiger partial charge in [-0.3, -0.25) is 0 Å². The molecule has 0 spiro atoms. The molecular formula is C11H9N3O. The second-order valence-corrected chi connectivity index (χ2v) is 2.88. The molecular weight excluding hydrogens is 190 g/mol. The average molecular weight is 199 g/mol. The molecule has 0 aliphatic carbocycles. The van der Waals surface area contributed by atoms with Gasteiger partial charge in [0.1, 0.15) is 11.4 Å². The van der Waals surface area contributed by atoms with Gasteiger partial charge in [0, 0.05) is 6.20 Å². The number of aromatic nitrogens is 1. The first-order valence-corrected chi connectivity index (χ1v) is 4.47. The summed E-state index contributed by atoms with van der Waals surface area (Å²) in [4.78, 5) is 3.98. The van der Waals surface area contributed by atoms with Crippen molar-refractivity contribution < 1.29 is 5.11 Å². The highest BCUT2D eigenvalue weighted by atomic mass is 16.3. The van der Waals surface area contributed by atoms with Gasteiger partial charge in [-0.1, -0.05) is 18.2 Å². The van der Waals surface area contributed by atoms with Gasteiger partial charge in [0.05, 0.1) is 0 Å². The van der Waals surface area contributed by atoms with Gasteiger partial charge < -0.3 is 5.11 Å². The van der Waals surface area contributed by atoms with E-state index in [9.17, 15) is 5.11 Å². The molecule has 74 valence electrons. The van der Waals surface area contributed by atoms with E-state index < -0.39 is 0 Å². The highest BCUT2D eigenvalue weighted by Crippen LogP contribution is 2.26. The first kappa shape index (κ1) is 9.33. The van der Waals surface area contributed by atoms with Gasteiger partial charge in [0.25, 0.3) is 0 Å². The number of rotatable bonds is 2. The number of pyridine rings is 1. The number of benzene rings is 1. The molecule has 0 radical (unpaired) electrons. The first-order chi connectivity index (χ1) is 7.36. The number of hydrogen-bond acceptors (Lipinski definition) is 4. The molecule has 0 atom stereocenters. The van der Waals surface area contributed by atoms with E-state index in [0.717, 1.165) is 0 Å². The number of hydrogen-bond donors (Lipinski definition) is 1. The predicted molar refractivity (Wildman–Crippen MR) is 56.5 cm³/mol. The Kier molecular flexibility index (Phi) is 2.69. The van der Waals surface area contributed by atoms with Gasteiger partial charge in [0.15, 0.2) is 5.82 Å². The summed E-state index contributed by atoms with van der Waals surface area (Å²) in [5.41, 5.74) is 0.433. The van der Waals surface area contributed by atoms with E-state index in [2.05, 4.69) is 15.2 Å². The molecule has 1 heterocycles. The highest BCUT2D eigenvalue weighted by Gasteiger charge is 1.96. The lowest BCUT2D eigenvalue weighted by Gasteiger charge is -1.95. The van der Waals surface area contributed by atoms with Crippen LogP contribution in [0, 0.1) is 0 Å². The molecule has 0 amide bonds. The third-order valence-electron chi connectivity index (χ3n) is 1.79. The zero-order valence-electron chi connectivity index (χ0n) is 7.91. The molecule has 4 nitrogen and oxygen atoms in total. The van der Waals surface area contributed by atoms with Gasteiger partial charge in [-0.2, -0.15) is 0 Å². The van der Waals surface area contributed by atoms with Crippen LogP contribution in [0.3, 0.4) is 0 Å². The number of para-hydroxylation sites is 1. The summed E-state index contributed by atoms with van der Waals surface area (Å²) in [6.07, 6.45) is 1.64. The molecule has 2 aromatic rings. The summed E-state index contributed by atoms with van der Waals surface area (Å²) in [6, 6.07) is 12.1. The molecule has 2 rings (SSSR count). The lowest BCUT2D eigenvalue weighted by atomic mass is 10.3. The van der Waals surface area contributed by atoms with Gasteiger partial charge in [0.2, 0.25) is 0 Å². The smallest absolute Gasteiger partial charge is 0.174 e. The molecule has 0 saturated carbocycles.